The zero-order valence-electron chi connectivity index (χ0n) is 11.7. The lowest BCUT2D eigenvalue weighted by Crippen LogP contribution is -2.29. The average Bonchev–Trinajstić information content (AvgIpc) is 2.95. The van der Waals surface area contributed by atoms with Crippen molar-refractivity contribution in [2.45, 2.75) is 26.7 Å². The van der Waals surface area contributed by atoms with Crippen molar-refractivity contribution in [1.29, 1.82) is 0 Å². The van der Waals surface area contributed by atoms with Gasteiger partial charge in [0.2, 0.25) is 0 Å². The Morgan fingerprint density at radius 2 is 1.90 bits per heavy atom. The molecule has 1 saturated carbocycles. The molecule has 0 bridgehead atoms. The van der Waals surface area contributed by atoms with E-state index in [0.717, 1.165) is 5.57 Å². The van der Waals surface area contributed by atoms with E-state index in [9.17, 15) is 14.4 Å². The molecule has 2 rings (SSSR count). The Bertz CT molecular complexity index is 500. The highest BCUT2D eigenvalue weighted by molar-refractivity contribution is 6.15. The number of rotatable bonds is 5. The van der Waals surface area contributed by atoms with Crippen molar-refractivity contribution in [3.63, 3.8) is 0 Å². The monoisotopic (exact) mass is 278 g/mol. The van der Waals surface area contributed by atoms with Gasteiger partial charge in [-0.25, -0.2) is 0 Å². The summed E-state index contributed by atoms with van der Waals surface area (Å²) in [6.07, 6.45) is 4.41. The maximum Gasteiger partial charge on any atom is 0.317 e. The van der Waals surface area contributed by atoms with E-state index in [1.54, 1.807) is 19.9 Å². The number of ether oxygens (including phenoxy) is 2. The summed E-state index contributed by atoms with van der Waals surface area (Å²) in [6, 6.07) is 0. The van der Waals surface area contributed by atoms with Gasteiger partial charge in [-0.05, 0) is 25.8 Å². The van der Waals surface area contributed by atoms with Crippen LogP contribution in [0.1, 0.15) is 26.7 Å². The second-order valence-corrected chi connectivity index (χ2v) is 4.72. The molecule has 0 aromatic heterocycles. The molecule has 5 nitrogen and oxygen atoms in total. The van der Waals surface area contributed by atoms with E-state index in [2.05, 4.69) is 0 Å². The van der Waals surface area contributed by atoms with Crippen LogP contribution in [0, 0.1) is 11.8 Å². The van der Waals surface area contributed by atoms with Gasteiger partial charge in [-0.1, -0.05) is 12.2 Å². The molecule has 5 heteroatoms. The van der Waals surface area contributed by atoms with Crippen LogP contribution in [0.3, 0.4) is 0 Å². The van der Waals surface area contributed by atoms with E-state index in [1.165, 1.54) is 0 Å². The van der Waals surface area contributed by atoms with Gasteiger partial charge in [0.15, 0.2) is 5.78 Å². The molecule has 2 aliphatic rings. The molecule has 0 amide bonds. The fourth-order valence-electron chi connectivity index (χ4n) is 2.79. The minimum Gasteiger partial charge on any atom is -0.466 e. The lowest BCUT2D eigenvalue weighted by molar-refractivity contribution is -0.152. The van der Waals surface area contributed by atoms with Gasteiger partial charge in [0.1, 0.15) is 5.92 Å². The predicted molar refractivity (Wildman–Crippen MR) is 70.7 cm³/mol. The second-order valence-electron chi connectivity index (χ2n) is 4.72. The predicted octanol–water partition coefficient (Wildman–Crippen LogP) is 1.57. The van der Waals surface area contributed by atoms with Gasteiger partial charge in [0, 0.05) is 11.5 Å². The minimum atomic E-state index is -0.905. The molecule has 1 fully saturated rings. The molecule has 0 heterocycles. The molecule has 2 aliphatic carbocycles. The van der Waals surface area contributed by atoms with Crippen molar-refractivity contribution >= 4 is 17.7 Å². The van der Waals surface area contributed by atoms with Crippen LogP contribution in [0.5, 0.6) is 0 Å². The SMILES string of the molecule is CCOC(=O)C[C@H]1C2=CCC=C2C(=O)[C@@H]1C(=O)OCC. The third kappa shape index (κ3) is 2.53. The minimum absolute atomic E-state index is 0.0340. The molecule has 0 radical (unpaired) electrons. The van der Waals surface area contributed by atoms with Gasteiger partial charge in [-0.15, -0.1) is 0 Å². The number of esters is 2. The zero-order valence-corrected chi connectivity index (χ0v) is 11.7. The topological polar surface area (TPSA) is 69.7 Å². The van der Waals surface area contributed by atoms with Gasteiger partial charge in [-0.3, -0.25) is 14.4 Å². The molecule has 0 aromatic carbocycles. The van der Waals surface area contributed by atoms with Crippen molar-refractivity contribution in [2.75, 3.05) is 13.2 Å². The summed E-state index contributed by atoms with van der Waals surface area (Å²) >= 11 is 0. The standard InChI is InChI=1S/C15H18O5/c1-3-19-12(16)8-11-9-6-5-7-10(9)14(17)13(11)15(18)20-4-2/h6-7,11,13H,3-5,8H2,1-2H3/t11-,13+/m0/s1. The number of hydrogen-bond donors (Lipinski definition) is 0. The molecule has 0 saturated heterocycles. The van der Waals surface area contributed by atoms with Crippen molar-refractivity contribution in [3.05, 3.63) is 23.3 Å². The van der Waals surface area contributed by atoms with Gasteiger partial charge in [0.05, 0.1) is 19.6 Å². The molecule has 0 N–H and O–H groups in total. The maximum atomic E-state index is 12.3. The Morgan fingerprint density at radius 3 is 2.55 bits per heavy atom. The Balaban J connectivity index is 2.23. The Morgan fingerprint density at radius 1 is 1.20 bits per heavy atom. The van der Waals surface area contributed by atoms with E-state index in [1.807, 2.05) is 6.08 Å². The molecule has 2 atom stereocenters. The zero-order chi connectivity index (χ0) is 14.7. The third-order valence-corrected chi connectivity index (χ3v) is 3.55. The molecule has 108 valence electrons. The summed E-state index contributed by atoms with van der Waals surface area (Å²) in [5, 5.41) is 0. The molecule has 0 unspecified atom stereocenters. The van der Waals surface area contributed by atoms with Gasteiger partial charge < -0.3 is 9.47 Å². The smallest absolute Gasteiger partial charge is 0.317 e. The highest BCUT2D eigenvalue weighted by Gasteiger charge is 2.48. The van der Waals surface area contributed by atoms with Crippen molar-refractivity contribution in [3.8, 4) is 0 Å². The molecule has 20 heavy (non-hydrogen) atoms. The van der Waals surface area contributed by atoms with Gasteiger partial charge in [0.25, 0.3) is 0 Å². The summed E-state index contributed by atoms with van der Waals surface area (Å²) in [5.74, 6) is -2.54. The Hall–Kier alpha value is -1.91. The summed E-state index contributed by atoms with van der Waals surface area (Å²) in [6.45, 7) is 3.91. The van der Waals surface area contributed by atoms with E-state index < -0.39 is 23.8 Å². The first kappa shape index (κ1) is 14.5. The third-order valence-electron chi connectivity index (χ3n) is 3.55. The second kappa shape index (κ2) is 6.03. The number of carbonyl (C=O) groups is 3. The maximum absolute atomic E-state index is 12.3. The van der Waals surface area contributed by atoms with Gasteiger partial charge >= 0.3 is 11.9 Å². The largest absolute Gasteiger partial charge is 0.466 e. The van der Waals surface area contributed by atoms with Crippen LogP contribution in [-0.4, -0.2) is 30.9 Å². The first-order valence-corrected chi connectivity index (χ1v) is 6.87. The van der Waals surface area contributed by atoms with E-state index in [0.29, 0.717) is 12.0 Å². The first-order valence-electron chi connectivity index (χ1n) is 6.87. The van der Waals surface area contributed by atoms with Crippen LogP contribution >= 0.6 is 0 Å². The quantitative estimate of drug-likeness (QED) is 0.564. The van der Waals surface area contributed by atoms with Crippen LogP contribution in [0.25, 0.3) is 0 Å². The van der Waals surface area contributed by atoms with Crippen molar-refractivity contribution in [1.82, 2.24) is 0 Å². The number of hydrogen-bond acceptors (Lipinski definition) is 5. The normalized spacial score (nSPS) is 24.0. The summed E-state index contributed by atoms with van der Waals surface area (Å²) in [5.41, 5.74) is 1.36. The van der Waals surface area contributed by atoms with Gasteiger partial charge in [-0.2, -0.15) is 0 Å². The van der Waals surface area contributed by atoms with Crippen LogP contribution in [0.15, 0.2) is 23.3 Å². The number of carbonyl (C=O) groups excluding carboxylic acids is 3. The molecular weight excluding hydrogens is 260 g/mol. The average molecular weight is 278 g/mol. The summed E-state index contributed by atoms with van der Waals surface area (Å²) in [4.78, 5) is 36.0. The fraction of sp³-hybridized carbons (Fsp3) is 0.533. The summed E-state index contributed by atoms with van der Waals surface area (Å²) < 4.78 is 9.89. The van der Waals surface area contributed by atoms with Crippen LogP contribution in [-0.2, 0) is 23.9 Å². The van der Waals surface area contributed by atoms with E-state index >= 15 is 0 Å². The highest BCUT2D eigenvalue weighted by Crippen LogP contribution is 2.43. The number of allylic oxidation sites excluding steroid dienone is 4. The first-order chi connectivity index (χ1) is 9.60. The number of ketones is 1. The van der Waals surface area contributed by atoms with Crippen LogP contribution < -0.4 is 0 Å². The molecule has 0 aromatic rings. The lowest BCUT2D eigenvalue weighted by atomic mass is 9.89. The van der Waals surface area contributed by atoms with Crippen molar-refractivity contribution in [2.24, 2.45) is 11.8 Å². The van der Waals surface area contributed by atoms with Crippen molar-refractivity contribution < 1.29 is 23.9 Å². The van der Waals surface area contributed by atoms with Crippen LogP contribution in [0.4, 0.5) is 0 Å². The van der Waals surface area contributed by atoms with Crippen LogP contribution in [0.2, 0.25) is 0 Å². The molecule has 0 aliphatic heterocycles. The summed E-state index contributed by atoms with van der Waals surface area (Å²) in [7, 11) is 0. The fourth-order valence-corrected chi connectivity index (χ4v) is 2.79. The Kier molecular flexibility index (Phi) is 4.37. The highest BCUT2D eigenvalue weighted by atomic mass is 16.5. The molecular formula is C15H18O5. The van der Waals surface area contributed by atoms with E-state index in [4.69, 9.17) is 9.47 Å². The molecule has 0 spiro atoms. The number of Topliss-reactive ketones (excluding diaryl/α,β-unsaturated/α-hetero) is 1. The number of fused-ring (bicyclic) bond motifs is 1. The lowest BCUT2D eigenvalue weighted by Gasteiger charge is -2.16. The van der Waals surface area contributed by atoms with E-state index in [-0.39, 0.29) is 25.4 Å². The Labute approximate surface area is 117 Å².